The van der Waals surface area contributed by atoms with Crippen molar-refractivity contribution in [3.63, 3.8) is 0 Å². The van der Waals surface area contributed by atoms with Crippen molar-refractivity contribution in [1.29, 1.82) is 5.26 Å². The minimum atomic E-state index is 0.317. The van der Waals surface area contributed by atoms with Crippen LogP contribution in [0, 0.1) is 17.2 Å². The van der Waals surface area contributed by atoms with Gasteiger partial charge >= 0.3 is 0 Å². The van der Waals surface area contributed by atoms with E-state index in [1.807, 2.05) is 12.1 Å². The molecule has 2 heterocycles. The molecule has 1 aliphatic heterocycles. The zero-order valence-electron chi connectivity index (χ0n) is 9.28. The quantitative estimate of drug-likeness (QED) is 0.752. The van der Waals surface area contributed by atoms with Gasteiger partial charge in [-0.1, -0.05) is 18.5 Å². The molecule has 3 nitrogen and oxygen atoms in total. The van der Waals surface area contributed by atoms with E-state index in [9.17, 15) is 0 Å². The maximum Gasteiger partial charge on any atom is 0.161 e. The number of pyridine rings is 1. The van der Waals surface area contributed by atoms with E-state index in [0.29, 0.717) is 10.7 Å². The molecule has 1 aromatic heterocycles. The normalized spacial score (nSPS) is 17.2. The topological polar surface area (TPSA) is 39.9 Å². The van der Waals surface area contributed by atoms with E-state index < -0.39 is 0 Å². The van der Waals surface area contributed by atoms with Crippen LogP contribution in [-0.4, -0.2) is 18.1 Å². The van der Waals surface area contributed by atoms with Crippen LogP contribution in [0.25, 0.3) is 0 Å². The number of nitrogens with zero attached hydrogens (tertiary/aromatic N) is 3. The molecule has 1 fully saturated rings. The number of hydrogen-bond donors (Lipinski definition) is 0. The Morgan fingerprint density at radius 3 is 2.75 bits per heavy atom. The van der Waals surface area contributed by atoms with Gasteiger partial charge in [0.2, 0.25) is 0 Å². The Hall–Kier alpha value is -1.27. The average Bonchev–Trinajstić information content (AvgIpc) is 2.31. The lowest BCUT2D eigenvalue weighted by atomic mass is 9.99. The summed E-state index contributed by atoms with van der Waals surface area (Å²) in [4.78, 5) is 6.49. The van der Waals surface area contributed by atoms with Crippen LogP contribution < -0.4 is 4.90 Å². The molecule has 0 amide bonds. The van der Waals surface area contributed by atoms with Crippen LogP contribution in [-0.2, 0) is 0 Å². The van der Waals surface area contributed by atoms with Crippen LogP contribution in [0.1, 0.15) is 25.5 Å². The number of rotatable bonds is 1. The Morgan fingerprint density at radius 1 is 1.44 bits per heavy atom. The van der Waals surface area contributed by atoms with E-state index >= 15 is 0 Å². The lowest BCUT2D eigenvalue weighted by Crippen LogP contribution is -2.33. The zero-order chi connectivity index (χ0) is 11.5. The highest BCUT2D eigenvalue weighted by Gasteiger charge is 2.17. The van der Waals surface area contributed by atoms with Gasteiger partial charge in [0, 0.05) is 13.1 Å². The molecule has 0 unspecified atom stereocenters. The minimum Gasteiger partial charge on any atom is -0.357 e. The predicted octanol–water partition coefficient (Wildman–Crippen LogP) is 2.84. The number of aromatic nitrogens is 1. The third-order valence-electron chi connectivity index (χ3n) is 3.04. The summed E-state index contributed by atoms with van der Waals surface area (Å²) in [5, 5.41) is 9.30. The van der Waals surface area contributed by atoms with E-state index in [1.165, 1.54) is 12.8 Å². The third kappa shape index (κ3) is 2.28. The molecule has 0 radical (unpaired) electrons. The summed E-state index contributed by atoms with van der Waals surface area (Å²) in [6.45, 7) is 4.30. The largest absolute Gasteiger partial charge is 0.357 e. The summed E-state index contributed by atoms with van der Waals surface area (Å²) >= 11 is 5.85. The number of halogens is 1. The molecule has 0 aromatic carbocycles. The first-order valence-corrected chi connectivity index (χ1v) is 5.90. The second kappa shape index (κ2) is 4.71. The van der Waals surface area contributed by atoms with Gasteiger partial charge in [0.25, 0.3) is 0 Å². The highest BCUT2D eigenvalue weighted by Crippen LogP contribution is 2.23. The fourth-order valence-electron chi connectivity index (χ4n) is 1.92. The maximum atomic E-state index is 8.87. The summed E-state index contributed by atoms with van der Waals surface area (Å²) in [5.74, 6) is 1.66. The molecule has 1 aliphatic rings. The van der Waals surface area contributed by atoms with E-state index in [4.69, 9.17) is 16.9 Å². The Balaban J connectivity index is 2.18. The molecule has 4 heteroatoms. The Bertz CT molecular complexity index is 417. The van der Waals surface area contributed by atoms with Crippen LogP contribution in [0.2, 0.25) is 5.02 Å². The van der Waals surface area contributed by atoms with Gasteiger partial charge in [-0.3, -0.25) is 0 Å². The van der Waals surface area contributed by atoms with Gasteiger partial charge in [0.1, 0.15) is 11.9 Å². The summed E-state index contributed by atoms with van der Waals surface area (Å²) in [6.07, 6.45) is 2.37. The monoisotopic (exact) mass is 235 g/mol. The number of piperidine rings is 1. The summed E-state index contributed by atoms with van der Waals surface area (Å²) in [7, 11) is 0. The lowest BCUT2D eigenvalue weighted by molar-refractivity contribution is 0.436. The molecule has 84 valence electrons. The number of nitriles is 1. The van der Waals surface area contributed by atoms with Crippen LogP contribution in [0.5, 0.6) is 0 Å². The van der Waals surface area contributed by atoms with Crippen molar-refractivity contribution in [2.45, 2.75) is 19.8 Å². The van der Waals surface area contributed by atoms with Crippen molar-refractivity contribution in [2.75, 3.05) is 18.0 Å². The fourth-order valence-corrected chi connectivity index (χ4v) is 2.07. The Labute approximate surface area is 101 Å². The van der Waals surface area contributed by atoms with Crippen LogP contribution >= 0.6 is 11.6 Å². The van der Waals surface area contributed by atoms with Crippen molar-refractivity contribution < 1.29 is 0 Å². The summed E-state index contributed by atoms with van der Waals surface area (Å²) < 4.78 is 0. The Morgan fingerprint density at radius 2 is 2.12 bits per heavy atom. The molecule has 16 heavy (non-hydrogen) atoms. The lowest BCUT2D eigenvalue weighted by Gasteiger charge is -2.31. The highest BCUT2D eigenvalue weighted by atomic mass is 35.5. The zero-order valence-corrected chi connectivity index (χ0v) is 10.0. The van der Waals surface area contributed by atoms with E-state index in [2.05, 4.69) is 16.8 Å². The number of hydrogen-bond acceptors (Lipinski definition) is 3. The molecule has 0 saturated carbocycles. The number of anilines is 1. The molecular formula is C12H14ClN3. The van der Waals surface area contributed by atoms with Gasteiger partial charge in [0.15, 0.2) is 5.69 Å². The van der Waals surface area contributed by atoms with Gasteiger partial charge in [-0.05, 0) is 30.9 Å². The average molecular weight is 236 g/mol. The summed E-state index contributed by atoms with van der Waals surface area (Å²) in [6, 6.07) is 5.65. The third-order valence-corrected chi connectivity index (χ3v) is 3.35. The maximum absolute atomic E-state index is 8.87. The van der Waals surface area contributed by atoms with Crippen molar-refractivity contribution in [2.24, 2.45) is 5.92 Å². The van der Waals surface area contributed by atoms with Gasteiger partial charge in [-0.15, -0.1) is 0 Å². The van der Waals surface area contributed by atoms with Gasteiger partial charge in [-0.2, -0.15) is 5.26 Å². The Kier molecular flexibility index (Phi) is 3.31. The van der Waals surface area contributed by atoms with E-state index in [0.717, 1.165) is 24.8 Å². The molecule has 0 aliphatic carbocycles. The first kappa shape index (κ1) is 11.2. The van der Waals surface area contributed by atoms with Gasteiger partial charge < -0.3 is 4.90 Å². The van der Waals surface area contributed by atoms with Crippen LogP contribution in [0.3, 0.4) is 0 Å². The van der Waals surface area contributed by atoms with Crippen molar-refractivity contribution >= 4 is 17.4 Å². The van der Waals surface area contributed by atoms with Gasteiger partial charge in [0.05, 0.1) is 5.02 Å². The smallest absolute Gasteiger partial charge is 0.161 e. The first-order chi connectivity index (χ1) is 7.70. The first-order valence-electron chi connectivity index (χ1n) is 5.52. The standard InChI is InChI=1S/C12H14ClN3/c1-9-4-6-16(7-5-9)12-3-2-10(13)11(8-14)15-12/h2-3,9H,4-7H2,1H3. The van der Waals surface area contributed by atoms with Crippen molar-refractivity contribution in [3.8, 4) is 6.07 Å². The van der Waals surface area contributed by atoms with Crippen molar-refractivity contribution in [3.05, 3.63) is 22.8 Å². The molecule has 0 spiro atoms. The molecular weight excluding hydrogens is 222 g/mol. The van der Waals surface area contributed by atoms with Crippen LogP contribution in [0.15, 0.2) is 12.1 Å². The molecule has 0 atom stereocenters. The predicted molar refractivity (Wildman–Crippen MR) is 64.6 cm³/mol. The molecule has 0 bridgehead atoms. The molecule has 2 rings (SSSR count). The summed E-state index contributed by atoms with van der Waals surface area (Å²) in [5.41, 5.74) is 0.317. The van der Waals surface area contributed by atoms with Gasteiger partial charge in [-0.25, -0.2) is 4.98 Å². The van der Waals surface area contributed by atoms with Crippen LogP contribution in [0.4, 0.5) is 5.82 Å². The van der Waals surface area contributed by atoms with E-state index in [-0.39, 0.29) is 0 Å². The second-order valence-corrected chi connectivity index (χ2v) is 4.69. The SMILES string of the molecule is CC1CCN(c2ccc(Cl)c(C#N)n2)CC1. The van der Waals surface area contributed by atoms with E-state index in [1.54, 1.807) is 6.07 Å². The fraction of sp³-hybridized carbons (Fsp3) is 0.500. The minimum absolute atomic E-state index is 0.317. The molecule has 1 saturated heterocycles. The molecule has 0 N–H and O–H groups in total. The second-order valence-electron chi connectivity index (χ2n) is 4.28. The highest BCUT2D eigenvalue weighted by molar-refractivity contribution is 6.31. The molecule has 1 aromatic rings. The van der Waals surface area contributed by atoms with Crippen molar-refractivity contribution in [1.82, 2.24) is 4.98 Å².